The highest BCUT2D eigenvalue weighted by Gasteiger charge is 2.34. The molecule has 0 bridgehead atoms. The zero-order chi connectivity index (χ0) is 22.7. The van der Waals surface area contributed by atoms with Crippen molar-refractivity contribution < 1.29 is 23.2 Å². The van der Waals surface area contributed by atoms with E-state index in [1.807, 2.05) is 35.2 Å². The van der Waals surface area contributed by atoms with Gasteiger partial charge in [0.25, 0.3) is 5.69 Å². The van der Waals surface area contributed by atoms with E-state index in [1.165, 1.54) is 16.4 Å². The number of piperidine rings is 1. The molecule has 0 saturated carbocycles. The van der Waals surface area contributed by atoms with Gasteiger partial charge in [0.15, 0.2) is 0 Å². The molecule has 1 unspecified atom stereocenters. The number of non-ortho nitro benzene ring substituents is 1. The molecule has 172 valence electrons. The molecule has 9 nitrogen and oxygen atoms in total. The van der Waals surface area contributed by atoms with Gasteiger partial charge < -0.3 is 14.7 Å². The predicted molar refractivity (Wildman–Crippen MR) is 119 cm³/mol. The van der Waals surface area contributed by atoms with Crippen molar-refractivity contribution >= 4 is 21.4 Å². The molecule has 10 heteroatoms. The minimum Gasteiger partial charge on any atom is -0.388 e. The number of morpholine rings is 1. The van der Waals surface area contributed by atoms with E-state index in [2.05, 4.69) is 0 Å². The van der Waals surface area contributed by atoms with Gasteiger partial charge in [0.2, 0.25) is 10.0 Å². The van der Waals surface area contributed by atoms with Crippen LogP contribution in [0.3, 0.4) is 0 Å². The molecule has 2 fully saturated rings. The normalized spacial score (nSPS) is 19.6. The van der Waals surface area contributed by atoms with Gasteiger partial charge in [-0.2, -0.15) is 4.31 Å². The molecule has 0 aliphatic carbocycles. The second kappa shape index (κ2) is 9.53. The number of aliphatic hydroxyl groups is 1. The summed E-state index contributed by atoms with van der Waals surface area (Å²) in [4.78, 5) is 12.7. The van der Waals surface area contributed by atoms with Crippen LogP contribution >= 0.6 is 0 Å². The van der Waals surface area contributed by atoms with E-state index >= 15 is 0 Å². The van der Waals surface area contributed by atoms with Crippen LogP contribution in [-0.2, 0) is 14.8 Å². The number of rotatable bonds is 6. The summed E-state index contributed by atoms with van der Waals surface area (Å²) in [5.74, 6) is 0.0611. The maximum Gasteiger partial charge on any atom is 0.270 e. The van der Waals surface area contributed by atoms with Crippen molar-refractivity contribution in [3.05, 3.63) is 64.2 Å². The average Bonchev–Trinajstić information content (AvgIpc) is 2.84. The molecule has 4 rings (SSSR count). The Bertz CT molecular complexity index is 1050. The fraction of sp³-hybridized carbons (Fsp3) is 0.455. The lowest BCUT2D eigenvalue weighted by Gasteiger charge is -2.37. The van der Waals surface area contributed by atoms with Crippen molar-refractivity contribution in [1.82, 2.24) is 4.31 Å². The maximum atomic E-state index is 13.4. The molecule has 2 saturated heterocycles. The SMILES string of the molecule is O=[N+]([O-])c1ccc(N2CCC(C(O)c3ccccc3)CC2)c(S(=O)(=O)N2CCOCC2)c1. The molecule has 0 amide bonds. The highest BCUT2D eigenvalue weighted by atomic mass is 32.2. The van der Waals surface area contributed by atoms with Gasteiger partial charge in [0, 0.05) is 38.3 Å². The van der Waals surface area contributed by atoms with Gasteiger partial charge in [-0.3, -0.25) is 10.1 Å². The van der Waals surface area contributed by atoms with Gasteiger partial charge in [-0.05, 0) is 30.4 Å². The van der Waals surface area contributed by atoms with E-state index in [-0.39, 0.29) is 29.6 Å². The van der Waals surface area contributed by atoms with Crippen LogP contribution in [0.15, 0.2) is 53.4 Å². The van der Waals surface area contributed by atoms with E-state index < -0.39 is 21.1 Å². The molecule has 2 aliphatic heterocycles. The summed E-state index contributed by atoms with van der Waals surface area (Å²) in [6.45, 7) is 2.14. The van der Waals surface area contributed by atoms with Gasteiger partial charge in [0.1, 0.15) is 4.90 Å². The van der Waals surface area contributed by atoms with Gasteiger partial charge in [-0.1, -0.05) is 30.3 Å². The van der Waals surface area contributed by atoms with E-state index in [4.69, 9.17) is 4.74 Å². The lowest BCUT2D eigenvalue weighted by molar-refractivity contribution is -0.385. The Labute approximate surface area is 187 Å². The van der Waals surface area contributed by atoms with Crippen LogP contribution in [0.5, 0.6) is 0 Å². The number of ether oxygens (including phenoxy) is 1. The predicted octanol–water partition coefficient (Wildman–Crippen LogP) is 2.57. The van der Waals surface area contributed by atoms with Crippen molar-refractivity contribution in [1.29, 1.82) is 0 Å². The number of nitro benzene ring substituents is 1. The number of nitro groups is 1. The number of anilines is 1. The van der Waals surface area contributed by atoms with Crippen LogP contribution in [0.25, 0.3) is 0 Å². The first kappa shape index (κ1) is 22.7. The quantitative estimate of drug-likeness (QED) is 0.520. The fourth-order valence-corrected chi connectivity index (χ4v) is 6.03. The standard InChI is InChI=1S/C22H27N3O6S/c26-22(17-4-2-1-3-5-17)18-8-10-23(11-9-18)20-7-6-19(25(27)28)16-21(20)32(29,30)24-12-14-31-15-13-24/h1-7,16,18,22,26H,8-15H2. The van der Waals surface area contributed by atoms with Crippen LogP contribution in [-0.4, -0.2) is 62.1 Å². The van der Waals surface area contributed by atoms with Crippen LogP contribution < -0.4 is 4.90 Å². The van der Waals surface area contributed by atoms with E-state index in [0.717, 1.165) is 11.6 Å². The van der Waals surface area contributed by atoms with Gasteiger partial charge in [-0.25, -0.2) is 8.42 Å². The average molecular weight is 462 g/mol. The summed E-state index contributed by atoms with van der Waals surface area (Å²) < 4.78 is 33.3. The molecule has 2 aromatic rings. The van der Waals surface area contributed by atoms with E-state index in [9.17, 15) is 23.6 Å². The number of benzene rings is 2. The highest BCUT2D eigenvalue weighted by Crippen LogP contribution is 2.37. The molecule has 2 heterocycles. The number of hydrogen-bond donors (Lipinski definition) is 1. The summed E-state index contributed by atoms with van der Waals surface area (Å²) >= 11 is 0. The van der Waals surface area contributed by atoms with Gasteiger partial charge in [0.05, 0.1) is 29.9 Å². The Morgan fingerprint density at radius 3 is 2.31 bits per heavy atom. The third-order valence-electron chi connectivity index (χ3n) is 6.21. The lowest BCUT2D eigenvalue weighted by atomic mass is 9.87. The summed E-state index contributed by atoms with van der Waals surface area (Å²) in [5, 5.41) is 22.1. The van der Waals surface area contributed by atoms with Crippen LogP contribution in [0.4, 0.5) is 11.4 Å². The monoisotopic (exact) mass is 461 g/mol. The van der Waals surface area contributed by atoms with Gasteiger partial charge in [-0.15, -0.1) is 0 Å². The first-order chi connectivity index (χ1) is 15.4. The third-order valence-corrected chi connectivity index (χ3v) is 8.14. The lowest BCUT2D eigenvalue weighted by Crippen LogP contribution is -2.42. The fourth-order valence-electron chi connectivity index (χ4n) is 4.39. The second-order valence-electron chi connectivity index (χ2n) is 8.11. The molecular weight excluding hydrogens is 434 g/mol. The molecule has 32 heavy (non-hydrogen) atoms. The Balaban J connectivity index is 1.58. The second-order valence-corrected chi connectivity index (χ2v) is 10.0. The topological polar surface area (TPSA) is 113 Å². The Morgan fingerprint density at radius 2 is 1.69 bits per heavy atom. The summed E-state index contributed by atoms with van der Waals surface area (Å²) in [6, 6.07) is 13.5. The minimum atomic E-state index is -3.91. The Hall–Kier alpha value is -2.53. The summed E-state index contributed by atoms with van der Waals surface area (Å²) in [6.07, 6.45) is 0.792. The summed E-state index contributed by atoms with van der Waals surface area (Å²) in [7, 11) is -3.91. The Kier molecular flexibility index (Phi) is 6.75. The molecule has 1 atom stereocenters. The van der Waals surface area contributed by atoms with E-state index in [0.29, 0.717) is 44.8 Å². The van der Waals surface area contributed by atoms with Crippen LogP contribution in [0.2, 0.25) is 0 Å². The van der Waals surface area contributed by atoms with Crippen molar-refractivity contribution in [3.63, 3.8) is 0 Å². The number of hydrogen-bond acceptors (Lipinski definition) is 7. The molecule has 2 aliphatic rings. The number of aliphatic hydroxyl groups excluding tert-OH is 1. The third kappa shape index (κ3) is 4.63. The largest absolute Gasteiger partial charge is 0.388 e. The molecule has 0 radical (unpaired) electrons. The maximum absolute atomic E-state index is 13.4. The Morgan fingerprint density at radius 1 is 1.03 bits per heavy atom. The first-order valence-electron chi connectivity index (χ1n) is 10.7. The smallest absolute Gasteiger partial charge is 0.270 e. The number of nitrogens with zero attached hydrogens (tertiary/aromatic N) is 3. The van der Waals surface area contributed by atoms with Crippen molar-refractivity contribution in [3.8, 4) is 0 Å². The molecular formula is C22H27N3O6S. The molecule has 2 aromatic carbocycles. The van der Waals surface area contributed by atoms with Crippen molar-refractivity contribution in [2.24, 2.45) is 5.92 Å². The zero-order valence-electron chi connectivity index (χ0n) is 17.7. The molecule has 0 aromatic heterocycles. The molecule has 0 spiro atoms. The van der Waals surface area contributed by atoms with Crippen molar-refractivity contribution in [2.75, 3.05) is 44.3 Å². The van der Waals surface area contributed by atoms with Crippen molar-refractivity contribution in [2.45, 2.75) is 23.8 Å². The first-order valence-corrected chi connectivity index (χ1v) is 12.2. The summed E-state index contributed by atoms with van der Waals surface area (Å²) in [5.41, 5.74) is 1.08. The molecule has 1 N–H and O–H groups in total. The van der Waals surface area contributed by atoms with Crippen LogP contribution in [0, 0.1) is 16.0 Å². The van der Waals surface area contributed by atoms with Gasteiger partial charge >= 0.3 is 0 Å². The number of sulfonamides is 1. The minimum absolute atomic E-state index is 0.0457. The highest BCUT2D eigenvalue weighted by molar-refractivity contribution is 7.89. The van der Waals surface area contributed by atoms with Crippen LogP contribution in [0.1, 0.15) is 24.5 Å². The zero-order valence-corrected chi connectivity index (χ0v) is 18.5. The van der Waals surface area contributed by atoms with E-state index in [1.54, 1.807) is 0 Å².